The SMILES string of the molecule is Cc1ccc(O)c(CN2CCO[C@@](COc3cc(C)c(Cl)c(C)c3)(CC(=O)N3CCC(O)CC3)C2)c1. The molecule has 0 saturated carbocycles. The van der Waals surface area contributed by atoms with Crippen LogP contribution in [0.4, 0.5) is 0 Å². The van der Waals surface area contributed by atoms with Gasteiger partial charge in [-0.3, -0.25) is 9.69 Å². The summed E-state index contributed by atoms with van der Waals surface area (Å²) in [7, 11) is 0. The summed E-state index contributed by atoms with van der Waals surface area (Å²) < 4.78 is 12.6. The van der Waals surface area contributed by atoms with Crippen LogP contribution in [0.2, 0.25) is 5.02 Å². The van der Waals surface area contributed by atoms with Crippen molar-refractivity contribution in [2.75, 3.05) is 39.4 Å². The molecule has 8 heteroatoms. The molecule has 196 valence electrons. The maximum atomic E-state index is 13.3. The molecule has 4 rings (SSSR count). The van der Waals surface area contributed by atoms with Gasteiger partial charge in [0.1, 0.15) is 23.7 Å². The number of phenolic OH excluding ortho intramolecular Hbond substituents is 1. The Morgan fingerprint density at radius 3 is 2.53 bits per heavy atom. The Hall–Kier alpha value is -2.32. The van der Waals surface area contributed by atoms with Crippen LogP contribution in [0.3, 0.4) is 0 Å². The van der Waals surface area contributed by atoms with Crippen LogP contribution in [-0.4, -0.2) is 77.0 Å². The van der Waals surface area contributed by atoms with E-state index in [4.69, 9.17) is 21.1 Å². The first-order chi connectivity index (χ1) is 17.1. The average Bonchev–Trinajstić information content (AvgIpc) is 2.84. The fraction of sp³-hybridized carbons (Fsp3) is 0.536. The molecular formula is C28H37ClN2O5. The van der Waals surface area contributed by atoms with Crippen LogP contribution in [0.15, 0.2) is 30.3 Å². The molecule has 0 bridgehead atoms. The van der Waals surface area contributed by atoms with Crippen LogP contribution < -0.4 is 4.74 Å². The van der Waals surface area contributed by atoms with Crippen LogP contribution in [0, 0.1) is 20.8 Å². The number of aliphatic hydroxyl groups is 1. The third kappa shape index (κ3) is 6.51. The zero-order valence-electron chi connectivity index (χ0n) is 21.4. The number of rotatable bonds is 7. The topological polar surface area (TPSA) is 82.5 Å². The Bertz CT molecular complexity index is 1060. The molecule has 2 aromatic carbocycles. The lowest BCUT2D eigenvalue weighted by atomic mass is 9.95. The summed E-state index contributed by atoms with van der Waals surface area (Å²) in [4.78, 5) is 17.4. The highest BCUT2D eigenvalue weighted by molar-refractivity contribution is 6.32. The number of morpholine rings is 1. The number of piperidine rings is 1. The van der Waals surface area contributed by atoms with Crippen molar-refractivity contribution in [3.8, 4) is 11.5 Å². The van der Waals surface area contributed by atoms with Crippen molar-refractivity contribution in [3.05, 3.63) is 57.6 Å². The minimum atomic E-state index is -0.841. The molecule has 1 atom stereocenters. The first kappa shape index (κ1) is 26.7. The second-order valence-electron chi connectivity index (χ2n) is 10.3. The molecule has 0 spiro atoms. The lowest BCUT2D eigenvalue weighted by molar-refractivity contribution is -0.158. The fourth-order valence-electron chi connectivity index (χ4n) is 5.09. The van der Waals surface area contributed by atoms with Crippen LogP contribution in [-0.2, 0) is 16.1 Å². The van der Waals surface area contributed by atoms with Crippen molar-refractivity contribution >= 4 is 17.5 Å². The zero-order chi connectivity index (χ0) is 25.9. The number of ether oxygens (including phenoxy) is 2. The number of nitrogens with zero attached hydrogens (tertiary/aromatic N) is 2. The number of benzene rings is 2. The molecular weight excluding hydrogens is 480 g/mol. The van der Waals surface area contributed by atoms with Crippen LogP contribution in [0.25, 0.3) is 0 Å². The normalized spacial score (nSPS) is 21.5. The zero-order valence-corrected chi connectivity index (χ0v) is 22.2. The van der Waals surface area contributed by atoms with E-state index < -0.39 is 5.60 Å². The van der Waals surface area contributed by atoms with Crippen molar-refractivity contribution in [1.29, 1.82) is 0 Å². The van der Waals surface area contributed by atoms with E-state index in [-0.39, 0.29) is 30.8 Å². The molecule has 0 aliphatic carbocycles. The Labute approximate surface area is 218 Å². The van der Waals surface area contributed by atoms with E-state index in [1.54, 1.807) is 6.07 Å². The summed E-state index contributed by atoms with van der Waals surface area (Å²) in [5.41, 5.74) is 2.97. The number of carbonyl (C=O) groups is 1. The molecule has 2 fully saturated rings. The number of halogens is 1. The maximum absolute atomic E-state index is 13.3. The number of carbonyl (C=O) groups excluding carboxylic acids is 1. The van der Waals surface area contributed by atoms with Gasteiger partial charge in [-0.1, -0.05) is 29.3 Å². The molecule has 2 aliphatic rings. The van der Waals surface area contributed by atoms with Gasteiger partial charge in [0.2, 0.25) is 5.91 Å². The van der Waals surface area contributed by atoms with Crippen molar-refractivity contribution in [3.63, 3.8) is 0 Å². The Balaban J connectivity index is 1.53. The lowest BCUT2D eigenvalue weighted by Gasteiger charge is -2.43. The first-order valence-electron chi connectivity index (χ1n) is 12.6. The molecule has 1 amide bonds. The minimum Gasteiger partial charge on any atom is -0.508 e. The van der Waals surface area contributed by atoms with Gasteiger partial charge in [0.25, 0.3) is 0 Å². The van der Waals surface area contributed by atoms with Gasteiger partial charge in [-0.15, -0.1) is 0 Å². The van der Waals surface area contributed by atoms with Gasteiger partial charge >= 0.3 is 0 Å². The smallest absolute Gasteiger partial charge is 0.225 e. The predicted molar refractivity (Wildman–Crippen MR) is 140 cm³/mol. The van der Waals surface area contributed by atoms with E-state index in [0.29, 0.717) is 57.9 Å². The molecule has 2 heterocycles. The molecule has 36 heavy (non-hydrogen) atoms. The van der Waals surface area contributed by atoms with Gasteiger partial charge < -0.3 is 24.6 Å². The van der Waals surface area contributed by atoms with Crippen LogP contribution in [0.1, 0.15) is 41.5 Å². The highest BCUT2D eigenvalue weighted by Crippen LogP contribution is 2.31. The first-order valence-corrected chi connectivity index (χ1v) is 13.0. The second-order valence-corrected chi connectivity index (χ2v) is 10.7. The molecule has 7 nitrogen and oxygen atoms in total. The Kier molecular flexibility index (Phi) is 8.45. The number of aromatic hydroxyl groups is 1. The van der Waals surface area contributed by atoms with E-state index >= 15 is 0 Å². The molecule has 0 unspecified atom stereocenters. The molecule has 2 aromatic rings. The monoisotopic (exact) mass is 516 g/mol. The van der Waals surface area contributed by atoms with Crippen molar-refractivity contribution in [1.82, 2.24) is 9.80 Å². The summed E-state index contributed by atoms with van der Waals surface area (Å²) in [6.45, 7) is 9.41. The summed E-state index contributed by atoms with van der Waals surface area (Å²) in [5.74, 6) is 0.970. The van der Waals surface area contributed by atoms with E-state index in [1.807, 2.05) is 49.9 Å². The molecule has 2 N–H and O–H groups in total. The number of hydrogen-bond acceptors (Lipinski definition) is 6. The lowest BCUT2D eigenvalue weighted by Crippen LogP contribution is -2.57. The quantitative estimate of drug-likeness (QED) is 0.579. The van der Waals surface area contributed by atoms with Gasteiger partial charge in [0, 0.05) is 43.3 Å². The summed E-state index contributed by atoms with van der Waals surface area (Å²) in [6, 6.07) is 9.42. The molecule has 0 radical (unpaired) electrons. The van der Waals surface area contributed by atoms with Crippen molar-refractivity contribution in [2.24, 2.45) is 0 Å². The largest absolute Gasteiger partial charge is 0.508 e. The number of amides is 1. The van der Waals surface area contributed by atoms with Gasteiger partial charge in [0.05, 0.1) is 19.1 Å². The van der Waals surface area contributed by atoms with E-state index in [2.05, 4.69) is 4.90 Å². The molecule has 2 saturated heterocycles. The van der Waals surface area contributed by atoms with E-state index in [0.717, 1.165) is 27.3 Å². The average molecular weight is 517 g/mol. The maximum Gasteiger partial charge on any atom is 0.225 e. The highest BCUT2D eigenvalue weighted by atomic mass is 35.5. The highest BCUT2D eigenvalue weighted by Gasteiger charge is 2.41. The number of likely N-dealkylation sites (tertiary alicyclic amines) is 1. The summed E-state index contributed by atoms with van der Waals surface area (Å²) >= 11 is 6.34. The van der Waals surface area contributed by atoms with Gasteiger partial charge in [-0.2, -0.15) is 0 Å². The third-order valence-electron chi connectivity index (χ3n) is 7.16. The Morgan fingerprint density at radius 1 is 1.14 bits per heavy atom. The van der Waals surface area contributed by atoms with Gasteiger partial charge in [-0.05, 0) is 62.9 Å². The van der Waals surface area contributed by atoms with E-state index in [9.17, 15) is 15.0 Å². The number of hydrogen-bond donors (Lipinski definition) is 2. The second kappa shape index (κ2) is 11.4. The molecule has 2 aliphatic heterocycles. The number of aliphatic hydroxyl groups excluding tert-OH is 1. The van der Waals surface area contributed by atoms with E-state index in [1.165, 1.54) is 0 Å². The van der Waals surface area contributed by atoms with Gasteiger partial charge in [-0.25, -0.2) is 0 Å². The van der Waals surface area contributed by atoms with Crippen LogP contribution in [0.5, 0.6) is 11.5 Å². The minimum absolute atomic E-state index is 0.00854. The fourth-order valence-corrected chi connectivity index (χ4v) is 5.20. The van der Waals surface area contributed by atoms with Gasteiger partial charge in [0.15, 0.2) is 0 Å². The van der Waals surface area contributed by atoms with Crippen molar-refractivity contribution < 1.29 is 24.5 Å². The standard InChI is InChI=1S/C28H37ClN2O5/c1-19-4-5-25(33)22(12-19)16-30-10-11-36-28(17-30,15-26(34)31-8-6-23(32)7-9-31)18-35-24-13-20(2)27(29)21(3)14-24/h4-5,12-14,23,32-33H,6-11,15-18H2,1-3H3/t28-/m0/s1. The van der Waals surface area contributed by atoms with Crippen LogP contribution >= 0.6 is 11.6 Å². The Morgan fingerprint density at radius 2 is 1.83 bits per heavy atom. The summed E-state index contributed by atoms with van der Waals surface area (Å²) in [5, 5.41) is 21.0. The third-order valence-corrected chi connectivity index (χ3v) is 7.76. The molecule has 0 aromatic heterocycles. The number of phenols is 1. The number of aryl methyl sites for hydroxylation is 3. The van der Waals surface area contributed by atoms with Crippen molar-refractivity contribution in [2.45, 2.75) is 58.3 Å². The predicted octanol–water partition coefficient (Wildman–Crippen LogP) is 3.99. The summed E-state index contributed by atoms with van der Waals surface area (Å²) in [6.07, 6.45) is 1.03.